The molecule has 1 fully saturated rings. The van der Waals surface area contributed by atoms with Crippen LogP contribution in [0.1, 0.15) is 6.42 Å². The highest BCUT2D eigenvalue weighted by Gasteiger charge is 2.31. The maximum atomic E-state index is 13.2. The van der Waals surface area contributed by atoms with Crippen molar-refractivity contribution in [1.29, 1.82) is 0 Å². The first-order valence-corrected chi connectivity index (χ1v) is 5.65. The second-order valence-corrected chi connectivity index (χ2v) is 4.54. The highest BCUT2D eigenvalue weighted by Crippen LogP contribution is 2.33. The number of hydrogen-bond donors (Lipinski definition) is 2. The minimum Gasteiger partial charge on any atom is -0.397 e. The van der Waals surface area contributed by atoms with Crippen LogP contribution in [0.2, 0.25) is 5.02 Å². The minimum absolute atomic E-state index is 0.0433. The Morgan fingerprint density at radius 1 is 1.53 bits per heavy atom. The fraction of sp³-hybridized carbons (Fsp3) is 0.364. The quantitative estimate of drug-likeness (QED) is 0.786. The van der Waals surface area contributed by atoms with E-state index in [0.717, 1.165) is 6.07 Å². The highest BCUT2D eigenvalue weighted by atomic mass is 35.5. The summed E-state index contributed by atoms with van der Waals surface area (Å²) in [5.41, 5.74) is 11.9. The van der Waals surface area contributed by atoms with Gasteiger partial charge in [-0.1, -0.05) is 11.6 Å². The predicted molar refractivity (Wildman–Crippen MR) is 65.3 cm³/mol. The molecule has 4 nitrogen and oxygen atoms in total. The van der Waals surface area contributed by atoms with Crippen molar-refractivity contribution in [1.82, 2.24) is 0 Å². The lowest BCUT2D eigenvalue weighted by atomic mass is 10.1. The molecule has 1 amide bonds. The van der Waals surface area contributed by atoms with Crippen LogP contribution in [0.3, 0.4) is 0 Å². The van der Waals surface area contributed by atoms with Gasteiger partial charge < -0.3 is 16.4 Å². The molecule has 1 heterocycles. The van der Waals surface area contributed by atoms with Crippen molar-refractivity contribution in [3.05, 3.63) is 23.0 Å². The van der Waals surface area contributed by atoms with Crippen LogP contribution in [-0.2, 0) is 4.79 Å². The lowest BCUT2D eigenvalue weighted by Gasteiger charge is -2.19. The van der Waals surface area contributed by atoms with Gasteiger partial charge in [0.05, 0.1) is 16.4 Å². The van der Waals surface area contributed by atoms with Crippen molar-refractivity contribution >= 4 is 28.9 Å². The molecule has 4 N–H and O–H groups in total. The molecule has 2 rings (SSSR count). The smallest absolute Gasteiger partial charge is 0.227 e. The number of carbonyl (C=O) groups excluding carboxylic acids is 1. The monoisotopic (exact) mass is 257 g/mol. The molecular formula is C11H13ClFN3O. The topological polar surface area (TPSA) is 72.4 Å². The summed E-state index contributed by atoms with van der Waals surface area (Å²) >= 11 is 5.69. The summed E-state index contributed by atoms with van der Waals surface area (Å²) < 4.78 is 13.2. The molecule has 17 heavy (non-hydrogen) atoms. The number of nitrogen functional groups attached to an aromatic ring is 1. The van der Waals surface area contributed by atoms with E-state index < -0.39 is 5.82 Å². The molecule has 1 atom stereocenters. The standard InChI is InChI=1S/C11H13ClFN3O/c12-7-2-10(9(15)3-8(7)13)16-5-6(4-14)1-11(16)17/h2-3,6H,1,4-5,14-15H2. The van der Waals surface area contributed by atoms with Gasteiger partial charge in [-0.05, 0) is 18.5 Å². The molecule has 1 aromatic rings. The van der Waals surface area contributed by atoms with Crippen molar-refractivity contribution in [2.45, 2.75) is 6.42 Å². The summed E-state index contributed by atoms with van der Waals surface area (Å²) in [6.07, 6.45) is 0.394. The van der Waals surface area contributed by atoms with Gasteiger partial charge in [0.25, 0.3) is 0 Å². The average Bonchev–Trinajstić information content (AvgIpc) is 2.65. The van der Waals surface area contributed by atoms with E-state index >= 15 is 0 Å². The predicted octanol–water partition coefficient (Wildman–Crippen LogP) is 1.37. The van der Waals surface area contributed by atoms with Crippen LogP contribution in [0, 0.1) is 11.7 Å². The molecule has 0 aromatic heterocycles. The lowest BCUT2D eigenvalue weighted by Crippen LogP contribution is -2.26. The molecule has 0 radical (unpaired) electrons. The maximum absolute atomic E-state index is 13.2. The molecule has 1 aliphatic rings. The van der Waals surface area contributed by atoms with Gasteiger partial charge in [0.2, 0.25) is 5.91 Å². The van der Waals surface area contributed by atoms with Gasteiger partial charge in [0.15, 0.2) is 0 Å². The fourth-order valence-corrected chi connectivity index (χ4v) is 2.12. The molecule has 0 saturated carbocycles. The van der Waals surface area contributed by atoms with Crippen LogP contribution in [0.15, 0.2) is 12.1 Å². The first-order valence-electron chi connectivity index (χ1n) is 5.28. The third-order valence-corrected chi connectivity index (χ3v) is 3.19. The van der Waals surface area contributed by atoms with Crippen LogP contribution in [0.5, 0.6) is 0 Å². The Kier molecular flexibility index (Phi) is 3.22. The van der Waals surface area contributed by atoms with Crippen molar-refractivity contribution in [2.24, 2.45) is 11.7 Å². The number of hydrogen-bond acceptors (Lipinski definition) is 3. The molecule has 1 aromatic carbocycles. The first-order chi connectivity index (χ1) is 8.02. The normalized spacial score (nSPS) is 20.1. The summed E-state index contributed by atoms with van der Waals surface area (Å²) in [5, 5.41) is -0.0433. The zero-order valence-corrected chi connectivity index (χ0v) is 9.88. The average molecular weight is 258 g/mol. The lowest BCUT2D eigenvalue weighted by molar-refractivity contribution is -0.117. The molecule has 1 unspecified atom stereocenters. The van der Waals surface area contributed by atoms with E-state index in [4.69, 9.17) is 23.1 Å². The Bertz CT molecular complexity index is 466. The van der Waals surface area contributed by atoms with E-state index in [1.807, 2.05) is 0 Å². The summed E-state index contributed by atoms with van der Waals surface area (Å²) in [4.78, 5) is 13.3. The number of anilines is 2. The second kappa shape index (κ2) is 4.50. The van der Waals surface area contributed by atoms with E-state index in [0.29, 0.717) is 25.2 Å². The maximum Gasteiger partial charge on any atom is 0.227 e. The Hall–Kier alpha value is -1.33. The van der Waals surface area contributed by atoms with Gasteiger partial charge in [0, 0.05) is 19.0 Å². The Morgan fingerprint density at radius 2 is 2.24 bits per heavy atom. The zero-order chi connectivity index (χ0) is 12.6. The van der Waals surface area contributed by atoms with Crippen LogP contribution in [0.25, 0.3) is 0 Å². The van der Waals surface area contributed by atoms with Crippen LogP contribution in [0.4, 0.5) is 15.8 Å². The number of nitrogens with two attached hydrogens (primary N) is 2. The molecule has 6 heteroatoms. The number of nitrogens with zero attached hydrogens (tertiary/aromatic N) is 1. The highest BCUT2D eigenvalue weighted by molar-refractivity contribution is 6.31. The number of halogens is 2. The molecule has 0 aliphatic carbocycles. The third kappa shape index (κ3) is 2.21. The summed E-state index contributed by atoms with van der Waals surface area (Å²) in [7, 11) is 0. The van der Waals surface area contributed by atoms with Crippen molar-refractivity contribution in [3.63, 3.8) is 0 Å². The van der Waals surface area contributed by atoms with E-state index in [1.54, 1.807) is 0 Å². The first kappa shape index (κ1) is 12.1. The second-order valence-electron chi connectivity index (χ2n) is 4.14. The van der Waals surface area contributed by atoms with Crippen LogP contribution >= 0.6 is 11.6 Å². The van der Waals surface area contributed by atoms with Gasteiger partial charge in [-0.25, -0.2) is 4.39 Å². The minimum atomic E-state index is -0.588. The van der Waals surface area contributed by atoms with Gasteiger partial charge >= 0.3 is 0 Å². The molecule has 1 aliphatic heterocycles. The Morgan fingerprint density at radius 3 is 2.82 bits per heavy atom. The van der Waals surface area contributed by atoms with Gasteiger partial charge in [0.1, 0.15) is 5.82 Å². The molecule has 0 spiro atoms. The zero-order valence-electron chi connectivity index (χ0n) is 9.12. The number of carbonyl (C=O) groups is 1. The Labute approximate surface area is 103 Å². The fourth-order valence-electron chi connectivity index (χ4n) is 1.96. The van der Waals surface area contributed by atoms with Gasteiger partial charge in [-0.2, -0.15) is 0 Å². The molecular weight excluding hydrogens is 245 g/mol. The largest absolute Gasteiger partial charge is 0.397 e. The van der Waals surface area contributed by atoms with Crippen molar-refractivity contribution in [2.75, 3.05) is 23.7 Å². The van der Waals surface area contributed by atoms with E-state index in [-0.39, 0.29) is 22.5 Å². The van der Waals surface area contributed by atoms with E-state index in [9.17, 15) is 9.18 Å². The van der Waals surface area contributed by atoms with Crippen molar-refractivity contribution < 1.29 is 9.18 Å². The SMILES string of the molecule is NCC1CC(=O)N(c2cc(Cl)c(F)cc2N)C1. The summed E-state index contributed by atoms with van der Waals surface area (Å²) in [6, 6.07) is 2.50. The van der Waals surface area contributed by atoms with Crippen molar-refractivity contribution in [3.8, 4) is 0 Å². The van der Waals surface area contributed by atoms with Crippen LogP contribution in [-0.4, -0.2) is 19.0 Å². The molecule has 1 saturated heterocycles. The number of benzene rings is 1. The van der Waals surface area contributed by atoms with Crippen LogP contribution < -0.4 is 16.4 Å². The molecule has 92 valence electrons. The van der Waals surface area contributed by atoms with E-state index in [1.165, 1.54) is 11.0 Å². The molecule has 0 bridgehead atoms. The number of rotatable bonds is 2. The third-order valence-electron chi connectivity index (χ3n) is 2.90. The van der Waals surface area contributed by atoms with Gasteiger partial charge in [-0.15, -0.1) is 0 Å². The Balaban J connectivity index is 2.35. The summed E-state index contributed by atoms with van der Waals surface area (Å²) in [6.45, 7) is 0.943. The van der Waals surface area contributed by atoms with Gasteiger partial charge in [-0.3, -0.25) is 4.79 Å². The number of amides is 1. The summed E-state index contributed by atoms with van der Waals surface area (Å²) in [5.74, 6) is -0.532. The van der Waals surface area contributed by atoms with E-state index in [2.05, 4.69) is 0 Å².